The number of halogens is 3. The van der Waals surface area contributed by atoms with Crippen molar-refractivity contribution in [3.63, 3.8) is 0 Å². The van der Waals surface area contributed by atoms with E-state index in [0.29, 0.717) is 26.6 Å². The normalized spacial score (nSPS) is 27.4. The molecule has 2 heterocycles. The minimum atomic E-state index is -1.68. The standard InChI is InChI=1S/C35H28Cl2FN3O8/c1-48-26-14-16(13-25(37)29(26)42)28-21-11-12-22-27(32(45)40(30(22)43)34(47)49-2)23(21)15-24-31(44)41(39-20-9-7-19(38)8-10-20)33(46)35(24,28)17-3-5-18(36)6-4-17/h3-11,13-14,22-24,27-28,39,42H,12,15H2,1-2H3. The number of aromatic hydroxyl groups is 1. The van der Waals surface area contributed by atoms with Crippen molar-refractivity contribution in [2.45, 2.75) is 24.2 Å². The monoisotopic (exact) mass is 707 g/mol. The third kappa shape index (κ3) is 4.72. The average Bonchev–Trinajstić information content (AvgIpc) is 3.47. The quantitative estimate of drug-likeness (QED) is 0.256. The lowest BCUT2D eigenvalue weighted by molar-refractivity contribution is -0.140. The summed E-state index contributed by atoms with van der Waals surface area (Å²) < 4.78 is 24.0. The van der Waals surface area contributed by atoms with Gasteiger partial charge in [-0.25, -0.2) is 9.18 Å². The highest BCUT2D eigenvalue weighted by Gasteiger charge is 2.70. The van der Waals surface area contributed by atoms with Gasteiger partial charge in [-0.15, -0.1) is 0 Å². The second-order valence-electron chi connectivity index (χ2n) is 12.4. The second kappa shape index (κ2) is 11.9. The molecule has 1 saturated carbocycles. The lowest BCUT2D eigenvalue weighted by atomic mass is 9.49. The Labute approximate surface area is 289 Å². The molecule has 2 saturated heterocycles. The van der Waals surface area contributed by atoms with Crippen LogP contribution < -0.4 is 10.2 Å². The predicted molar refractivity (Wildman–Crippen MR) is 173 cm³/mol. The Morgan fingerprint density at radius 1 is 0.959 bits per heavy atom. The van der Waals surface area contributed by atoms with Crippen LogP contribution in [0.3, 0.4) is 0 Å². The summed E-state index contributed by atoms with van der Waals surface area (Å²) in [5.74, 6) is -8.43. The van der Waals surface area contributed by atoms with Gasteiger partial charge in [-0.3, -0.25) is 24.6 Å². The van der Waals surface area contributed by atoms with Gasteiger partial charge in [-0.2, -0.15) is 9.91 Å². The van der Waals surface area contributed by atoms with Crippen molar-refractivity contribution in [1.82, 2.24) is 9.91 Å². The number of carbonyl (C=O) groups is 5. The summed E-state index contributed by atoms with van der Waals surface area (Å²) in [7, 11) is 2.41. The fourth-order valence-electron chi connectivity index (χ4n) is 8.22. The number of likely N-dealkylation sites (tertiary alicyclic amines) is 1. The SMILES string of the molecule is COC(=O)N1C(=O)C2CC=C3C(CC4C(=O)N(Nc5ccc(F)cc5)C(=O)C4(c4ccc(Cl)cc4)C3c3cc(Cl)c(O)c(OC)c3)C2C1=O. The molecule has 0 aromatic heterocycles. The summed E-state index contributed by atoms with van der Waals surface area (Å²) in [4.78, 5) is 70.1. The molecule has 49 heavy (non-hydrogen) atoms. The molecule has 0 spiro atoms. The largest absolute Gasteiger partial charge is 0.503 e. The maximum Gasteiger partial charge on any atom is 0.423 e. The van der Waals surface area contributed by atoms with Crippen molar-refractivity contribution >= 4 is 58.6 Å². The molecule has 7 rings (SSSR count). The van der Waals surface area contributed by atoms with Gasteiger partial charge >= 0.3 is 6.09 Å². The average molecular weight is 709 g/mol. The number of rotatable bonds is 5. The minimum absolute atomic E-state index is 0.00349. The summed E-state index contributed by atoms with van der Waals surface area (Å²) >= 11 is 12.8. The van der Waals surface area contributed by atoms with Gasteiger partial charge in [0.15, 0.2) is 11.5 Å². The number of phenolic OH excluding ortho intramolecular Hbond substituents is 1. The van der Waals surface area contributed by atoms with Crippen LogP contribution in [0, 0.1) is 29.5 Å². The van der Waals surface area contributed by atoms with Crippen LogP contribution in [0.15, 0.2) is 72.3 Å². The number of phenols is 1. The Kier molecular flexibility index (Phi) is 7.91. The highest BCUT2D eigenvalue weighted by Crippen LogP contribution is 2.64. The zero-order valence-corrected chi connectivity index (χ0v) is 27.5. The Bertz CT molecular complexity index is 1970. The zero-order valence-electron chi connectivity index (χ0n) is 26.0. The number of amides is 5. The van der Waals surface area contributed by atoms with Gasteiger partial charge in [0.05, 0.1) is 48.1 Å². The van der Waals surface area contributed by atoms with Gasteiger partial charge in [0.2, 0.25) is 11.8 Å². The van der Waals surface area contributed by atoms with E-state index in [4.69, 9.17) is 32.7 Å². The molecule has 6 atom stereocenters. The predicted octanol–water partition coefficient (Wildman–Crippen LogP) is 5.60. The minimum Gasteiger partial charge on any atom is -0.503 e. The maximum absolute atomic E-state index is 15.1. The van der Waals surface area contributed by atoms with E-state index in [0.717, 1.165) is 12.1 Å². The molecule has 2 N–H and O–H groups in total. The van der Waals surface area contributed by atoms with E-state index in [9.17, 15) is 28.7 Å². The Morgan fingerprint density at radius 3 is 2.31 bits per heavy atom. The van der Waals surface area contributed by atoms with E-state index in [-0.39, 0.29) is 35.1 Å². The van der Waals surface area contributed by atoms with Crippen molar-refractivity contribution in [3.8, 4) is 11.5 Å². The van der Waals surface area contributed by atoms with Gasteiger partial charge in [0, 0.05) is 10.9 Å². The number of allylic oxidation sites excluding steroid dienone is 2. The van der Waals surface area contributed by atoms with Crippen LogP contribution in [0.1, 0.15) is 29.9 Å². The first-order chi connectivity index (χ1) is 23.4. The molecule has 252 valence electrons. The van der Waals surface area contributed by atoms with Gasteiger partial charge in [-0.1, -0.05) is 47.0 Å². The van der Waals surface area contributed by atoms with Crippen LogP contribution in [0.4, 0.5) is 14.9 Å². The number of benzene rings is 3. The molecular formula is C35H28Cl2FN3O8. The number of carbonyl (C=O) groups excluding carboxylic acids is 5. The van der Waals surface area contributed by atoms with E-state index in [1.165, 1.54) is 43.5 Å². The van der Waals surface area contributed by atoms with E-state index in [1.54, 1.807) is 30.3 Å². The lowest BCUT2D eigenvalue weighted by Crippen LogP contribution is -2.53. The summed E-state index contributed by atoms with van der Waals surface area (Å²) in [6, 6.07) is 14.6. The third-order valence-corrected chi connectivity index (χ3v) is 10.8. The molecule has 4 aliphatic rings. The number of anilines is 1. The Balaban J connectivity index is 1.48. The molecule has 2 aliphatic carbocycles. The molecule has 14 heteroatoms. The Morgan fingerprint density at radius 2 is 1.65 bits per heavy atom. The molecule has 3 aromatic rings. The van der Waals surface area contributed by atoms with Crippen LogP contribution in [0.2, 0.25) is 10.0 Å². The molecule has 6 unspecified atom stereocenters. The fraction of sp³-hybridized carbons (Fsp3) is 0.286. The van der Waals surface area contributed by atoms with Crippen LogP contribution in [-0.4, -0.2) is 59.0 Å². The fourth-order valence-corrected chi connectivity index (χ4v) is 8.56. The number of hydrogen-bond donors (Lipinski definition) is 2. The number of imide groups is 4. The van der Waals surface area contributed by atoms with Crippen molar-refractivity contribution in [2.75, 3.05) is 19.6 Å². The lowest BCUT2D eigenvalue weighted by Gasteiger charge is -2.50. The van der Waals surface area contributed by atoms with Gasteiger partial charge < -0.3 is 14.6 Å². The molecular weight excluding hydrogens is 680 g/mol. The molecule has 3 fully saturated rings. The van der Waals surface area contributed by atoms with Crippen LogP contribution in [0.5, 0.6) is 11.5 Å². The van der Waals surface area contributed by atoms with E-state index in [1.807, 2.05) is 0 Å². The number of ether oxygens (including phenoxy) is 2. The maximum atomic E-state index is 15.1. The summed E-state index contributed by atoms with van der Waals surface area (Å²) in [6.45, 7) is 0. The highest BCUT2D eigenvalue weighted by molar-refractivity contribution is 6.32. The zero-order chi connectivity index (χ0) is 34.9. The van der Waals surface area contributed by atoms with Gasteiger partial charge in [-0.05, 0) is 78.4 Å². The van der Waals surface area contributed by atoms with Crippen molar-refractivity contribution in [3.05, 3.63) is 99.3 Å². The van der Waals surface area contributed by atoms with E-state index >= 15 is 4.79 Å². The molecule has 11 nitrogen and oxygen atoms in total. The Hall–Kier alpha value is -4.94. The first-order valence-corrected chi connectivity index (χ1v) is 16.1. The first kappa shape index (κ1) is 32.6. The van der Waals surface area contributed by atoms with Crippen molar-refractivity contribution in [1.29, 1.82) is 0 Å². The van der Waals surface area contributed by atoms with E-state index < -0.39 is 70.5 Å². The smallest absolute Gasteiger partial charge is 0.423 e. The topological polar surface area (TPSA) is 143 Å². The summed E-state index contributed by atoms with van der Waals surface area (Å²) in [5, 5.41) is 11.9. The molecule has 0 bridgehead atoms. The van der Waals surface area contributed by atoms with Gasteiger partial charge in [0.25, 0.3) is 11.8 Å². The van der Waals surface area contributed by atoms with Crippen LogP contribution in [0.25, 0.3) is 0 Å². The summed E-state index contributed by atoms with van der Waals surface area (Å²) in [6.07, 6.45) is 0.701. The molecule has 0 radical (unpaired) electrons. The molecule has 2 aliphatic heterocycles. The van der Waals surface area contributed by atoms with Gasteiger partial charge in [0.1, 0.15) is 5.82 Å². The van der Waals surface area contributed by atoms with Crippen molar-refractivity contribution in [2.24, 2.45) is 23.7 Å². The number of fused-ring (bicyclic) bond motifs is 4. The number of hydrazine groups is 1. The molecule has 3 aromatic carbocycles. The number of nitrogens with zero attached hydrogens (tertiary/aromatic N) is 2. The summed E-state index contributed by atoms with van der Waals surface area (Å²) in [5.41, 5.74) is 2.85. The van der Waals surface area contributed by atoms with Crippen LogP contribution in [-0.2, 0) is 29.3 Å². The molecule has 5 amide bonds. The first-order valence-electron chi connectivity index (χ1n) is 15.3. The number of nitrogens with one attached hydrogen (secondary N) is 1. The van der Waals surface area contributed by atoms with Crippen LogP contribution >= 0.6 is 23.2 Å². The number of hydrogen-bond acceptors (Lipinski definition) is 9. The van der Waals surface area contributed by atoms with Crippen molar-refractivity contribution < 1.29 is 42.9 Å². The third-order valence-electron chi connectivity index (χ3n) is 10.2. The second-order valence-corrected chi connectivity index (χ2v) is 13.3. The highest BCUT2D eigenvalue weighted by atomic mass is 35.5. The van der Waals surface area contributed by atoms with E-state index in [2.05, 4.69) is 5.43 Å². The number of methoxy groups -OCH3 is 2.